The lowest BCUT2D eigenvalue weighted by molar-refractivity contribution is -0.385. The number of phenolic OH excluding ortho intramolecular Hbond substituents is 1. The summed E-state index contributed by atoms with van der Waals surface area (Å²) in [7, 11) is 0. The van der Waals surface area contributed by atoms with Crippen LogP contribution in [-0.2, 0) is 11.3 Å². The molecule has 0 spiro atoms. The van der Waals surface area contributed by atoms with Crippen molar-refractivity contribution in [1.82, 2.24) is 20.4 Å². The van der Waals surface area contributed by atoms with Gasteiger partial charge in [-0.2, -0.15) is 20.1 Å². The topological polar surface area (TPSA) is 136 Å². The molecular formula is C15H11ClN6O4. The Bertz CT molecular complexity index is 999. The summed E-state index contributed by atoms with van der Waals surface area (Å²) < 4.78 is 0. The van der Waals surface area contributed by atoms with Crippen molar-refractivity contribution < 1.29 is 14.8 Å². The van der Waals surface area contributed by atoms with Gasteiger partial charge in [0.25, 0.3) is 5.91 Å². The summed E-state index contributed by atoms with van der Waals surface area (Å²) >= 11 is 5.77. The normalized spacial score (nSPS) is 11.1. The highest BCUT2D eigenvalue weighted by atomic mass is 35.5. The second-order valence-electron chi connectivity index (χ2n) is 5.13. The second kappa shape index (κ2) is 7.15. The zero-order valence-electron chi connectivity index (χ0n) is 13.0. The highest BCUT2D eigenvalue weighted by Gasteiger charge is 2.17. The van der Waals surface area contributed by atoms with E-state index in [1.54, 1.807) is 12.1 Å². The zero-order chi connectivity index (χ0) is 18.7. The molecule has 3 rings (SSSR count). The summed E-state index contributed by atoms with van der Waals surface area (Å²) in [6.45, 7) is -0.173. The van der Waals surface area contributed by atoms with Crippen LogP contribution in [0, 0.1) is 10.1 Å². The van der Waals surface area contributed by atoms with Crippen LogP contribution in [0.2, 0.25) is 5.02 Å². The lowest BCUT2D eigenvalue weighted by Crippen LogP contribution is -2.24. The number of benzene rings is 2. The lowest BCUT2D eigenvalue weighted by Gasteiger charge is -2.02. The fourth-order valence-corrected chi connectivity index (χ4v) is 2.38. The Morgan fingerprint density at radius 2 is 2.00 bits per heavy atom. The first kappa shape index (κ1) is 17.3. The molecule has 0 saturated heterocycles. The lowest BCUT2D eigenvalue weighted by atomic mass is 10.2. The third kappa shape index (κ3) is 3.75. The monoisotopic (exact) mass is 374 g/mol. The molecule has 0 fully saturated rings. The number of hydrogen-bond donors (Lipinski definition) is 2. The van der Waals surface area contributed by atoms with Crippen molar-refractivity contribution in [2.45, 2.75) is 6.54 Å². The fraction of sp³-hybridized carbons (Fsp3) is 0.0667. The van der Waals surface area contributed by atoms with E-state index in [1.807, 2.05) is 12.1 Å². The SMILES string of the molecule is O=C(Cn1nc2ccccc2n1)N/N=C/c1cc(Cl)cc([N+](=O)[O-])c1O. The summed E-state index contributed by atoms with van der Waals surface area (Å²) in [5.41, 5.74) is 2.97. The number of nitro groups is 1. The first-order valence-corrected chi connectivity index (χ1v) is 7.60. The highest BCUT2D eigenvalue weighted by molar-refractivity contribution is 6.31. The van der Waals surface area contributed by atoms with Gasteiger partial charge in [-0.15, -0.1) is 0 Å². The van der Waals surface area contributed by atoms with Crippen LogP contribution in [0.1, 0.15) is 5.56 Å². The predicted octanol–water partition coefficient (Wildman–Crippen LogP) is 1.85. The molecule has 0 atom stereocenters. The molecule has 0 aliphatic carbocycles. The molecule has 0 saturated carbocycles. The molecule has 132 valence electrons. The molecule has 3 aromatic rings. The molecule has 0 aliphatic rings. The number of hydrogen-bond acceptors (Lipinski definition) is 7. The first-order valence-electron chi connectivity index (χ1n) is 7.22. The zero-order valence-corrected chi connectivity index (χ0v) is 13.8. The van der Waals surface area contributed by atoms with E-state index >= 15 is 0 Å². The number of fused-ring (bicyclic) bond motifs is 1. The van der Waals surface area contributed by atoms with E-state index in [4.69, 9.17) is 11.6 Å². The van der Waals surface area contributed by atoms with E-state index in [0.29, 0.717) is 11.0 Å². The van der Waals surface area contributed by atoms with Crippen molar-refractivity contribution in [2.75, 3.05) is 0 Å². The van der Waals surface area contributed by atoms with Crippen molar-refractivity contribution in [2.24, 2.45) is 5.10 Å². The van der Waals surface area contributed by atoms with E-state index in [0.717, 1.165) is 12.3 Å². The summed E-state index contributed by atoms with van der Waals surface area (Å²) in [5.74, 6) is -1.12. The van der Waals surface area contributed by atoms with Gasteiger partial charge in [0.1, 0.15) is 17.6 Å². The third-order valence-electron chi connectivity index (χ3n) is 3.29. The minimum atomic E-state index is -0.773. The van der Waals surface area contributed by atoms with Gasteiger partial charge in [0.05, 0.1) is 11.1 Å². The van der Waals surface area contributed by atoms with E-state index in [-0.39, 0.29) is 17.1 Å². The van der Waals surface area contributed by atoms with Crippen LogP contribution >= 0.6 is 11.6 Å². The predicted molar refractivity (Wildman–Crippen MR) is 93.0 cm³/mol. The fourth-order valence-electron chi connectivity index (χ4n) is 2.16. The van der Waals surface area contributed by atoms with Gasteiger partial charge in [-0.25, -0.2) is 5.43 Å². The van der Waals surface area contributed by atoms with Crippen LogP contribution in [0.3, 0.4) is 0 Å². The number of nitrogens with one attached hydrogen (secondary N) is 1. The Hall–Kier alpha value is -3.53. The van der Waals surface area contributed by atoms with E-state index in [2.05, 4.69) is 20.7 Å². The number of carbonyl (C=O) groups excluding carboxylic acids is 1. The number of amides is 1. The Kier molecular flexibility index (Phi) is 4.76. The number of rotatable bonds is 5. The molecule has 11 heteroatoms. The number of carbonyl (C=O) groups is 1. The number of halogens is 1. The van der Waals surface area contributed by atoms with Crippen molar-refractivity contribution in [3.63, 3.8) is 0 Å². The molecular weight excluding hydrogens is 364 g/mol. The van der Waals surface area contributed by atoms with Crippen LogP contribution in [0.4, 0.5) is 5.69 Å². The molecule has 2 aromatic carbocycles. The number of hydrazone groups is 1. The molecule has 1 aromatic heterocycles. The summed E-state index contributed by atoms with van der Waals surface area (Å²) in [6, 6.07) is 9.44. The summed E-state index contributed by atoms with van der Waals surface area (Å²) in [4.78, 5) is 23.2. The Morgan fingerprint density at radius 3 is 2.62 bits per heavy atom. The minimum absolute atomic E-state index is 0.00699. The molecule has 1 heterocycles. The van der Waals surface area contributed by atoms with E-state index < -0.39 is 22.3 Å². The molecule has 2 N–H and O–H groups in total. The van der Waals surface area contributed by atoms with Crippen LogP contribution in [-0.4, -0.2) is 37.1 Å². The summed E-state index contributed by atoms with van der Waals surface area (Å²) in [6.07, 6.45) is 1.05. The van der Waals surface area contributed by atoms with Crippen LogP contribution in [0.25, 0.3) is 11.0 Å². The smallest absolute Gasteiger partial charge is 0.312 e. The van der Waals surface area contributed by atoms with Crippen molar-refractivity contribution in [1.29, 1.82) is 0 Å². The van der Waals surface area contributed by atoms with Gasteiger partial charge in [-0.1, -0.05) is 23.7 Å². The van der Waals surface area contributed by atoms with Gasteiger partial charge in [-0.3, -0.25) is 14.9 Å². The van der Waals surface area contributed by atoms with Crippen LogP contribution in [0.15, 0.2) is 41.5 Å². The van der Waals surface area contributed by atoms with Gasteiger partial charge in [-0.05, 0) is 18.2 Å². The van der Waals surface area contributed by atoms with Crippen LogP contribution < -0.4 is 5.43 Å². The molecule has 10 nitrogen and oxygen atoms in total. The first-order chi connectivity index (χ1) is 12.4. The van der Waals surface area contributed by atoms with Crippen molar-refractivity contribution >= 4 is 40.4 Å². The molecule has 0 aliphatic heterocycles. The van der Waals surface area contributed by atoms with Crippen molar-refractivity contribution in [3.8, 4) is 5.75 Å². The quantitative estimate of drug-likeness (QED) is 0.397. The third-order valence-corrected chi connectivity index (χ3v) is 3.50. The number of phenols is 1. The Labute approximate surface area is 150 Å². The number of nitrogens with zero attached hydrogens (tertiary/aromatic N) is 5. The largest absolute Gasteiger partial charge is 0.502 e. The van der Waals surface area contributed by atoms with E-state index in [9.17, 15) is 20.0 Å². The molecule has 0 radical (unpaired) electrons. The standard InChI is InChI=1S/C15H11ClN6O4/c16-10-5-9(15(24)13(6-10)22(25)26)7-17-18-14(23)8-21-19-11-3-1-2-4-12(11)20-21/h1-7,24H,8H2,(H,18,23)/b17-7+. The number of aromatic hydroxyl groups is 1. The molecule has 0 unspecified atom stereocenters. The maximum Gasteiger partial charge on any atom is 0.312 e. The average molecular weight is 375 g/mol. The Balaban J connectivity index is 1.68. The van der Waals surface area contributed by atoms with Gasteiger partial charge >= 0.3 is 5.69 Å². The van der Waals surface area contributed by atoms with Gasteiger partial charge < -0.3 is 5.11 Å². The van der Waals surface area contributed by atoms with E-state index in [1.165, 1.54) is 10.9 Å². The number of nitro benzene ring substituents is 1. The maximum absolute atomic E-state index is 11.9. The van der Waals surface area contributed by atoms with Crippen LogP contribution in [0.5, 0.6) is 5.75 Å². The van der Waals surface area contributed by atoms with Crippen molar-refractivity contribution in [3.05, 3.63) is 57.1 Å². The Morgan fingerprint density at radius 1 is 1.35 bits per heavy atom. The maximum atomic E-state index is 11.9. The molecule has 26 heavy (non-hydrogen) atoms. The molecule has 1 amide bonds. The average Bonchev–Trinajstić information content (AvgIpc) is 2.99. The summed E-state index contributed by atoms with van der Waals surface area (Å²) in [5, 5.41) is 32.7. The second-order valence-corrected chi connectivity index (χ2v) is 5.57. The van der Waals surface area contributed by atoms with Gasteiger partial charge in [0, 0.05) is 16.7 Å². The minimum Gasteiger partial charge on any atom is -0.502 e. The molecule has 0 bridgehead atoms. The van der Waals surface area contributed by atoms with Gasteiger partial charge in [0.2, 0.25) is 5.75 Å². The highest BCUT2D eigenvalue weighted by Crippen LogP contribution is 2.32. The number of aromatic nitrogens is 3. The van der Waals surface area contributed by atoms with Gasteiger partial charge in [0.15, 0.2) is 0 Å².